The zero-order valence-corrected chi connectivity index (χ0v) is 11.9. The Balaban J connectivity index is 2.10. The molecule has 5 nitrogen and oxygen atoms in total. The van der Waals surface area contributed by atoms with Crippen LogP contribution in [0.25, 0.3) is 0 Å². The zero-order chi connectivity index (χ0) is 14.8. The van der Waals surface area contributed by atoms with Gasteiger partial charge in [0.25, 0.3) is 5.91 Å². The number of phenolic OH excluding ortho intramolecular Hbond substituents is 1. The molecule has 0 aromatic heterocycles. The lowest BCUT2D eigenvalue weighted by molar-refractivity contribution is -0.0734. The van der Waals surface area contributed by atoms with Crippen LogP contribution in [0, 0.1) is 6.92 Å². The highest BCUT2D eigenvalue weighted by Gasteiger charge is 2.32. The first-order valence-corrected chi connectivity index (χ1v) is 6.76. The van der Waals surface area contributed by atoms with E-state index in [4.69, 9.17) is 4.74 Å². The molecule has 0 spiro atoms. The van der Waals surface area contributed by atoms with E-state index >= 15 is 0 Å². The molecule has 1 amide bonds. The number of ether oxygens (including phenoxy) is 1. The molecule has 0 aliphatic carbocycles. The van der Waals surface area contributed by atoms with Gasteiger partial charge in [0.05, 0.1) is 11.2 Å². The fourth-order valence-electron chi connectivity index (χ4n) is 2.45. The van der Waals surface area contributed by atoms with Gasteiger partial charge in [-0.3, -0.25) is 4.79 Å². The largest absolute Gasteiger partial charge is 0.507 e. The van der Waals surface area contributed by atoms with Crippen molar-refractivity contribution in [1.29, 1.82) is 0 Å². The summed E-state index contributed by atoms with van der Waals surface area (Å²) in [5.74, 6) is -0.322. The van der Waals surface area contributed by atoms with Crippen LogP contribution in [-0.2, 0) is 4.74 Å². The third-order valence-corrected chi connectivity index (χ3v) is 3.68. The summed E-state index contributed by atoms with van der Waals surface area (Å²) < 4.78 is 5.22. The van der Waals surface area contributed by atoms with Crippen molar-refractivity contribution in [3.05, 3.63) is 29.3 Å². The topological polar surface area (TPSA) is 70.0 Å². The van der Waals surface area contributed by atoms with Gasteiger partial charge >= 0.3 is 0 Å². The van der Waals surface area contributed by atoms with Crippen molar-refractivity contribution in [2.24, 2.45) is 0 Å². The summed E-state index contributed by atoms with van der Waals surface area (Å²) in [6, 6.07) is 4.92. The number of rotatable bonds is 3. The maximum absolute atomic E-state index is 12.4. The molecule has 5 heteroatoms. The lowest BCUT2D eigenvalue weighted by Crippen LogP contribution is -2.47. The second-order valence-electron chi connectivity index (χ2n) is 5.52. The average Bonchev–Trinajstić information content (AvgIpc) is 2.41. The molecule has 1 fully saturated rings. The molecular weight excluding hydrogens is 258 g/mol. The highest BCUT2D eigenvalue weighted by molar-refractivity contribution is 5.96. The van der Waals surface area contributed by atoms with Crippen LogP contribution >= 0.6 is 0 Å². The van der Waals surface area contributed by atoms with Gasteiger partial charge in [0.2, 0.25) is 0 Å². The summed E-state index contributed by atoms with van der Waals surface area (Å²) in [7, 11) is 1.64. The van der Waals surface area contributed by atoms with E-state index in [9.17, 15) is 15.0 Å². The molecule has 1 aromatic rings. The van der Waals surface area contributed by atoms with Crippen molar-refractivity contribution in [1.82, 2.24) is 4.90 Å². The van der Waals surface area contributed by atoms with Crippen LogP contribution in [0.15, 0.2) is 18.2 Å². The summed E-state index contributed by atoms with van der Waals surface area (Å²) in [5, 5.41) is 20.2. The van der Waals surface area contributed by atoms with E-state index < -0.39 is 5.60 Å². The van der Waals surface area contributed by atoms with Gasteiger partial charge in [0.15, 0.2) is 0 Å². The van der Waals surface area contributed by atoms with E-state index in [1.807, 2.05) is 6.92 Å². The molecule has 1 aromatic carbocycles. The minimum absolute atomic E-state index is 0.0357. The first-order chi connectivity index (χ1) is 9.41. The monoisotopic (exact) mass is 279 g/mol. The molecule has 110 valence electrons. The van der Waals surface area contributed by atoms with Crippen molar-refractivity contribution < 1.29 is 19.7 Å². The molecule has 20 heavy (non-hydrogen) atoms. The molecular formula is C15H21NO4. The number of amides is 1. The Kier molecular flexibility index (Phi) is 4.30. The molecule has 1 heterocycles. The van der Waals surface area contributed by atoms with Crippen LogP contribution in [0.3, 0.4) is 0 Å². The molecule has 2 N–H and O–H groups in total. The summed E-state index contributed by atoms with van der Waals surface area (Å²) in [4.78, 5) is 13.8. The zero-order valence-electron chi connectivity index (χ0n) is 11.9. The smallest absolute Gasteiger partial charge is 0.257 e. The molecule has 1 aliphatic rings. The molecule has 1 aliphatic heterocycles. The van der Waals surface area contributed by atoms with Crippen molar-refractivity contribution >= 4 is 5.91 Å². The number of phenols is 1. The Labute approximate surface area is 118 Å². The summed E-state index contributed by atoms with van der Waals surface area (Å²) in [5.41, 5.74) is 0.273. The van der Waals surface area contributed by atoms with Crippen LogP contribution in [0.4, 0.5) is 0 Å². The SMILES string of the molecule is Cc1ccc(O)c(C(=O)N(C)CC2(O)CCOCC2)c1. The predicted molar refractivity (Wildman–Crippen MR) is 74.8 cm³/mol. The van der Waals surface area contributed by atoms with E-state index in [1.165, 1.54) is 11.0 Å². The molecule has 0 saturated carbocycles. The Morgan fingerprint density at radius 2 is 2.05 bits per heavy atom. The van der Waals surface area contributed by atoms with Crippen molar-refractivity contribution in [2.75, 3.05) is 26.8 Å². The number of hydrogen-bond acceptors (Lipinski definition) is 4. The number of carbonyl (C=O) groups excluding carboxylic acids is 1. The van der Waals surface area contributed by atoms with Gasteiger partial charge in [-0.15, -0.1) is 0 Å². The third kappa shape index (κ3) is 3.29. The minimum atomic E-state index is -0.901. The van der Waals surface area contributed by atoms with Crippen molar-refractivity contribution in [3.8, 4) is 5.75 Å². The van der Waals surface area contributed by atoms with E-state index in [2.05, 4.69) is 0 Å². The van der Waals surface area contributed by atoms with Gasteiger partial charge in [-0.2, -0.15) is 0 Å². The van der Waals surface area contributed by atoms with E-state index in [0.717, 1.165) is 5.56 Å². The number of aromatic hydroxyl groups is 1. The fourth-order valence-corrected chi connectivity index (χ4v) is 2.45. The maximum atomic E-state index is 12.4. The highest BCUT2D eigenvalue weighted by Crippen LogP contribution is 2.24. The Morgan fingerprint density at radius 3 is 2.70 bits per heavy atom. The van der Waals surface area contributed by atoms with Gasteiger partial charge in [0.1, 0.15) is 5.75 Å². The van der Waals surface area contributed by atoms with E-state index in [1.54, 1.807) is 19.2 Å². The molecule has 0 radical (unpaired) electrons. The van der Waals surface area contributed by atoms with Crippen LogP contribution in [0.1, 0.15) is 28.8 Å². The van der Waals surface area contributed by atoms with Crippen LogP contribution < -0.4 is 0 Å². The van der Waals surface area contributed by atoms with Gasteiger partial charge in [-0.05, 0) is 19.1 Å². The highest BCUT2D eigenvalue weighted by atomic mass is 16.5. The van der Waals surface area contributed by atoms with Crippen molar-refractivity contribution in [3.63, 3.8) is 0 Å². The van der Waals surface area contributed by atoms with E-state index in [-0.39, 0.29) is 23.8 Å². The number of aryl methyl sites for hydroxylation is 1. The second kappa shape index (κ2) is 5.81. The van der Waals surface area contributed by atoms with Crippen LogP contribution in [0.2, 0.25) is 0 Å². The number of carbonyl (C=O) groups is 1. The second-order valence-corrected chi connectivity index (χ2v) is 5.52. The number of nitrogens with zero attached hydrogens (tertiary/aromatic N) is 1. The molecule has 0 bridgehead atoms. The fraction of sp³-hybridized carbons (Fsp3) is 0.533. The van der Waals surface area contributed by atoms with Gasteiger partial charge < -0.3 is 19.8 Å². The Morgan fingerprint density at radius 1 is 1.40 bits per heavy atom. The van der Waals surface area contributed by atoms with Gasteiger partial charge in [-0.25, -0.2) is 0 Å². The first-order valence-electron chi connectivity index (χ1n) is 6.76. The molecule has 2 rings (SSSR count). The van der Waals surface area contributed by atoms with Crippen molar-refractivity contribution in [2.45, 2.75) is 25.4 Å². The predicted octanol–water partition coefficient (Wildman–Crippen LogP) is 1.31. The normalized spacial score (nSPS) is 17.8. The molecule has 0 atom stereocenters. The lowest BCUT2D eigenvalue weighted by Gasteiger charge is -2.35. The summed E-state index contributed by atoms with van der Waals surface area (Å²) in [6.45, 7) is 3.12. The minimum Gasteiger partial charge on any atom is -0.507 e. The number of aliphatic hydroxyl groups is 1. The third-order valence-electron chi connectivity index (χ3n) is 3.68. The quantitative estimate of drug-likeness (QED) is 0.875. The average molecular weight is 279 g/mol. The van der Waals surface area contributed by atoms with Gasteiger partial charge in [0, 0.05) is 39.6 Å². The lowest BCUT2D eigenvalue weighted by atomic mass is 9.93. The number of benzene rings is 1. The Bertz CT molecular complexity index is 495. The summed E-state index contributed by atoms with van der Waals surface area (Å²) >= 11 is 0. The van der Waals surface area contributed by atoms with Crippen LogP contribution in [0.5, 0.6) is 5.75 Å². The number of likely N-dealkylation sites (N-methyl/N-ethyl adjacent to an activating group) is 1. The van der Waals surface area contributed by atoms with Gasteiger partial charge in [-0.1, -0.05) is 11.6 Å². The summed E-state index contributed by atoms with van der Waals surface area (Å²) in [6.07, 6.45) is 1.04. The first kappa shape index (κ1) is 14.8. The molecule has 0 unspecified atom stereocenters. The Hall–Kier alpha value is -1.59. The maximum Gasteiger partial charge on any atom is 0.257 e. The number of hydrogen-bond donors (Lipinski definition) is 2. The molecule has 1 saturated heterocycles. The van der Waals surface area contributed by atoms with E-state index in [0.29, 0.717) is 26.1 Å². The standard InChI is InChI=1S/C15H21NO4/c1-11-3-4-13(17)12(9-11)14(18)16(2)10-15(19)5-7-20-8-6-15/h3-4,9,17,19H,5-8,10H2,1-2H3. The van der Waals surface area contributed by atoms with Crippen LogP contribution in [-0.4, -0.2) is 53.4 Å².